The predicted octanol–water partition coefficient (Wildman–Crippen LogP) is 2.30. The molecule has 2 atom stereocenters. The van der Waals surface area contributed by atoms with Crippen molar-refractivity contribution >= 4 is 15.7 Å². The molecule has 4 nitrogen and oxygen atoms in total. The van der Waals surface area contributed by atoms with Gasteiger partial charge in [-0.1, -0.05) is 26.3 Å². The zero-order chi connectivity index (χ0) is 14.0. The maximum Gasteiger partial charge on any atom is 0.241 e. The Kier molecular flexibility index (Phi) is 4.16. The van der Waals surface area contributed by atoms with Crippen LogP contribution >= 0.6 is 0 Å². The fraction of sp³-hybridized carbons (Fsp3) is 0.571. The molecule has 0 heterocycles. The van der Waals surface area contributed by atoms with E-state index in [1.54, 1.807) is 18.2 Å². The van der Waals surface area contributed by atoms with Crippen molar-refractivity contribution in [2.24, 2.45) is 5.92 Å². The van der Waals surface area contributed by atoms with Crippen molar-refractivity contribution in [1.29, 1.82) is 0 Å². The molecule has 1 aliphatic rings. The van der Waals surface area contributed by atoms with E-state index in [2.05, 4.69) is 11.6 Å². The molecule has 0 amide bonds. The van der Waals surface area contributed by atoms with Gasteiger partial charge < -0.3 is 5.73 Å². The van der Waals surface area contributed by atoms with Crippen molar-refractivity contribution in [3.8, 4) is 0 Å². The van der Waals surface area contributed by atoms with E-state index < -0.39 is 10.0 Å². The summed E-state index contributed by atoms with van der Waals surface area (Å²) in [6, 6.07) is 5.20. The summed E-state index contributed by atoms with van der Waals surface area (Å²) in [6.45, 7) is 4.07. The lowest BCUT2D eigenvalue weighted by atomic mass is 10.1. The molecule has 1 aromatic rings. The molecule has 1 aliphatic carbocycles. The molecule has 1 fully saturated rings. The lowest BCUT2D eigenvalue weighted by molar-refractivity contribution is 0.572. The second-order valence-corrected chi connectivity index (χ2v) is 6.92. The van der Waals surface area contributed by atoms with Crippen LogP contribution in [0.15, 0.2) is 23.1 Å². The molecular weight excluding hydrogens is 260 g/mol. The molecule has 106 valence electrons. The number of benzene rings is 1. The van der Waals surface area contributed by atoms with Gasteiger partial charge in [-0.2, -0.15) is 0 Å². The molecule has 0 spiro atoms. The normalized spacial score (nSPS) is 22.4. The van der Waals surface area contributed by atoms with Crippen molar-refractivity contribution in [1.82, 2.24) is 4.72 Å². The minimum atomic E-state index is -3.44. The predicted molar refractivity (Wildman–Crippen MR) is 77.4 cm³/mol. The van der Waals surface area contributed by atoms with Crippen molar-refractivity contribution in [2.45, 2.75) is 50.5 Å². The molecule has 1 aromatic carbocycles. The minimum Gasteiger partial charge on any atom is -0.399 e. The smallest absolute Gasteiger partial charge is 0.241 e. The van der Waals surface area contributed by atoms with Crippen LogP contribution in [-0.4, -0.2) is 14.5 Å². The SMILES string of the molecule is CCCC1CC1NS(=O)(=O)c1cc(N)ccc1CC. The maximum absolute atomic E-state index is 12.4. The van der Waals surface area contributed by atoms with Crippen LogP contribution in [0.2, 0.25) is 0 Å². The van der Waals surface area contributed by atoms with Crippen LogP contribution in [0, 0.1) is 5.92 Å². The van der Waals surface area contributed by atoms with Crippen molar-refractivity contribution < 1.29 is 8.42 Å². The van der Waals surface area contributed by atoms with E-state index in [0.29, 0.717) is 22.9 Å². The van der Waals surface area contributed by atoms with Gasteiger partial charge in [-0.25, -0.2) is 13.1 Å². The number of rotatable bonds is 6. The highest BCUT2D eigenvalue weighted by Crippen LogP contribution is 2.36. The molecule has 0 saturated heterocycles. The third-order valence-electron chi connectivity index (χ3n) is 3.65. The molecule has 19 heavy (non-hydrogen) atoms. The van der Waals surface area contributed by atoms with Crippen molar-refractivity contribution in [3.63, 3.8) is 0 Å². The maximum atomic E-state index is 12.4. The van der Waals surface area contributed by atoms with Gasteiger partial charge in [0.05, 0.1) is 4.90 Å². The molecule has 0 aliphatic heterocycles. The van der Waals surface area contributed by atoms with Crippen LogP contribution < -0.4 is 10.5 Å². The second kappa shape index (κ2) is 5.51. The Balaban J connectivity index is 2.18. The van der Waals surface area contributed by atoms with Gasteiger partial charge in [0, 0.05) is 11.7 Å². The zero-order valence-corrected chi connectivity index (χ0v) is 12.3. The molecule has 5 heteroatoms. The third-order valence-corrected chi connectivity index (χ3v) is 5.22. The second-order valence-electron chi connectivity index (χ2n) is 5.23. The van der Waals surface area contributed by atoms with Crippen molar-refractivity contribution in [2.75, 3.05) is 5.73 Å². The van der Waals surface area contributed by atoms with Crippen LogP contribution in [0.4, 0.5) is 5.69 Å². The molecule has 0 bridgehead atoms. The lowest BCUT2D eigenvalue weighted by Gasteiger charge is -2.11. The Morgan fingerprint density at radius 2 is 2.11 bits per heavy atom. The Morgan fingerprint density at radius 3 is 2.74 bits per heavy atom. The number of aryl methyl sites for hydroxylation is 1. The summed E-state index contributed by atoms with van der Waals surface area (Å²) in [6.07, 6.45) is 3.82. The number of anilines is 1. The van der Waals surface area contributed by atoms with Crippen molar-refractivity contribution in [3.05, 3.63) is 23.8 Å². The average molecular weight is 282 g/mol. The van der Waals surface area contributed by atoms with E-state index in [4.69, 9.17) is 5.73 Å². The zero-order valence-electron chi connectivity index (χ0n) is 11.5. The minimum absolute atomic E-state index is 0.107. The van der Waals surface area contributed by atoms with Crippen LogP contribution in [-0.2, 0) is 16.4 Å². The Hall–Kier alpha value is -1.07. The first kappa shape index (κ1) is 14.3. The standard InChI is InChI=1S/C14H22N2O2S/c1-3-5-11-8-13(11)16-19(17,18)14-9-12(15)7-6-10(14)4-2/h6-7,9,11,13,16H,3-5,8,15H2,1-2H3. The number of nitrogens with one attached hydrogen (secondary N) is 1. The number of nitrogens with two attached hydrogens (primary N) is 1. The fourth-order valence-corrected chi connectivity index (χ4v) is 4.12. The van der Waals surface area contributed by atoms with Gasteiger partial charge in [-0.05, 0) is 42.9 Å². The van der Waals surface area contributed by atoms with Crippen LogP contribution in [0.25, 0.3) is 0 Å². The third kappa shape index (κ3) is 3.28. The largest absolute Gasteiger partial charge is 0.399 e. The average Bonchev–Trinajstić information content (AvgIpc) is 3.07. The first-order valence-corrected chi connectivity index (χ1v) is 8.37. The summed E-state index contributed by atoms with van der Waals surface area (Å²) in [5.41, 5.74) is 7.01. The molecule has 3 N–H and O–H groups in total. The Labute approximate surface area is 115 Å². The fourth-order valence-electron chi connectivity index (χ4n) is 2.46. The topological polar surface area (TPSA) is 72.2 Å². The first-order valence-electron chi connectivity index (χ1n) is 6.88. The molecular formula is C14H22N2O2S. The molecule has 0 aromatic heterocycles. The van der Waals surface area contributed by atoms with E-state index in [1.807, 2.05) is 6.92 Å². The van der Waals surface area contributed by atoms with Crippen LogP contribution in [0.5, 0.6) is 0 Å². The van der Waals surface area contributed by atoms with E-state index >= 15 is 0 Å². The quantitative estimate of drug-likeness (QED) is 0.786. The van der Waals surface area contributed by atoms with Crippen LogP contribution in [0.1, 0.15) is 38.7 Å². The summed E-state index contributed by atoms with van der Waals surface area (Å²) < 4.78 is 27.6. The van der Waals surface area contributed by atoms with Gasteiger partial charge in [-0.15, -0.1) is 0 Å². The van der Waals surface area contributed by atoms with Crippen LogP contribution in [0.3, 0.4) is 0 Å². The van der Waals surface area contributed by atoms with Gasteiger partial charge in [0.2, 0.25) is 10.0 Å². The highest BCUT2D eigenvalue weighted by molar-refractivity contribution is 7.89. The number of sulfonamides is 1. The Bertz CT molecular complexity index is 555. The van der Waals surface area contributed by atoms with E-state index in [1.165, 1.54) is 0 Å². The molecule has 0 radical (unpaired) electrons. The highest BCUT2D eigenvalue weighted by atomic mass is 32.2. The number of hydrogen-bond acceptors (Lipinski definition) is 3. The highest BCUT2D eigenvalue weighted by Gasteiger charge is 2.39. The molecule has 2 rings (SSSR count). The summed E-state index contributed by atoms with van der Waals surface area (Å²) in [5.74, 6) is 0.505. The van der Waals surface area contributed by atoms with Gasteiger partial charge in [-0.3, -0.25) is 0 Å². The van der Waals surface area contributed by atoms with E-state index in [-0.39, 0.29) is 6.04 Å². The van der Waals surface area contributed by atoms with E-state index in [0.717, 1.165) is 24.8 Å². The monoisotopic (exact) mass is 282 g/mol. The van der Waals surface area contributed by atoms with Gasteiger partial charge in [0.1, 0.15) is 0 Å². The number of nitrogen functional groups attached to an aromatic ring is 1. The van der Waals surface area contributed by atoms with Gasteiger partial charge in [0.25, 0.3) is 0 Å². The first-order chi connectivity index (χ1) is 8.97. The van der Waals surface area contributed by atoms with Gasteiger partial charge >= 0.3 is 0 Å². The van der Waals surface area contributed by atoms with E-state index in [9.17, 15) is 8.42 Å². The molecule has 1 saturated carbocycles. The van der Waals surface area contributed by atoms with Gasteiger partial charge in [0.15, 0.2) is 0 Å². The Morgan fingerprint density at radius 1 is 1.37 bits per heavy atom. The molecule has 2 unspecified atom stereocenters. The summed E-state index contributed by atoms with van der Waals surface area (Å²) >= 11 is 0. The number of hydrogen-bond donors (Lipinski definition) is 2. The summed E-state index contributed by atoms with van der Waals surface area (Å²) in [4.78, 5) is 0.331. The lowest BCUT2D eigenvalue weighted by Crippen LogP contribution is -2.28. The summed E-state index contributed by atoms with van der Waals surface area (Å²) in [7, 11) is -3.44. The summed E-state index contributed by atoms with van der Waals surface area (Å²) in [5, 5.41) is 0.